The summed E-state index contributed by atoms with van der Waals surface area (Å²) in [6.45, 7) is 1.35. The second-order valence-electron chi connectivity index (χ2n) is 6.56. The number of carbonyl (C=O) groups excluding carboxylic acids is 1. The van der Waals surface area contributed by atoms with E-state index < -0.39 is 0 Å². The topological polar surface area (TPSA) is 79.4 Å². The van der Waals surface area contributed by atoms with E-state index in [1.807, 2.05) is 35.2 Å². The summed E-state index contributed by atoms with van der Waals surface area (Å²) in [4.78, 5) is 19.2. The number of ether oxygens (including phenoxy) is 1. The molecule has 0 unspecified atom stereocenters. The zero-order valence-corrected chi connectivity index (χ0v) is 14.8. The Hall–Kier alpha value is -3.33. The van der Waals surface area contributed by atoms with E-state index in [0.717, 1.165) is 29.8 Å². The number of aromatic nitrogens is 1. The van der Waals surface area contributed by atoms with Gasteiger partial charge in [-0.25, -0.2) is 4.98 Å². The van der Waals surface area contributed by atoms with Crippen LogP contribution in [0.15, 0.2) is 52.9 Å². The second-order valence-corrected chi connectivity index (χ2v) is 6.56. The maximum atomic E-state index is 12.7. The Morgan fingerprint density at radius 2 is 1.93 bits per heavy atom. The largest absolute Gasteiger partial charge is 0.479 e. The van der Waals surface area contributed by atoms with Crippen LogP contribution in [0.25, 0.3) is 11.1 Å². The predicted molar refractivity (Wildman–Crippen MR) is 99.4 cm³/mol. The first-order valence-electron chi connectivity index (χ1n) is 8.99. The number of carbonyl (C=O) groups is 1. The molecule has 0 atom stereocenters. The average Bonchev–Trinajstić information content (AvgIpc) is 3.16. The molecule has 1 saturated heterocycles. The third-order valence-electron chi connectivity index (χ3n) is 4.85. The number of nitrogens with zero attached hydrogens (tertiary/aromatic N) is 3. The van der Waals surface area contributed by atoms with Gasteiger partial charge >= 0.3 is 0 Å². The number of oxazole rings is 1. The number of nitriles is 1. The van der Waals surface area contributed by atoms with Crippen LogP contribution >= 0.6 is 0 Å². The minimum atomic E-state index is -0.00334. The molecular formula is C21H19N3O3. The summed E-state index contributed by atoms with van der Waals surface area (Å²) < 4.78 is 11.1. The Balaban J connectivity index is 1.38. The number of rotatable bonds is 4. The van der Waals surface area contributed by atoms with Crippen LogP contribution in [0.3, 0.4) is 0 Å². The van der Waals surface area contributed by atoms with Crippen LogP contribution in [0.4, 0.5) is 0 Å². The zero-order chi connectivity index (χ0) is 18.6. The minimum Gasteiger partial charge on any atom is -0.479 e. The SMILES string of the molecule is N#CCOc1ccc(C(=O)N2CCC(c3nc4ccccc4o3)CC2)cc1. The summed E-state index contributed by atoms with van der Waals surface area (Å²) in [7, 11) is 0. The van der Waals surface area contributed by atoms with E-state index in [-0.39, 0.29) is 18.4 Å². The summed E-state index contributed by atoms with van der Waals surface area (Å²) in [6, 6.07) is 16.6. The molecule has 1 fully saturated rings. The highest BCUT2D eigenvalue weighted by Crippen LogP contribution is 2.30. The Bertz CT molecular complexity index is 947. The molecule has 136 valence electrons. The maximum Gasteiger partial charge on any atom is 0.253 e. The van der Waals surface area contributed by atoms with Gasteiger partial charge in [0.2, 0.25) is 0 Å². The van der Waals surface area contributed by atoms with Crippen molar-refractivity contribution in [1.82, 2.24) is 9.88 Å². The molecule has 1 amide bonds. The van der Waals surface area contributed by atoms with Gasteiger partial charge in [0.25, 0.3) is 5.91 Å². The fraction of sp³-hybridized carbons (Fsp3) is 0.286. The van der Waals surface area contributed by atoms with Crippen molar-refractivity contribution < 1.29 is 13.9 Å². The number of piperidine rings is 1. The van der Waals surface area contributed by atoms with Gasteiger partial charge in [-0.2, -0.15) is 5.26 Å². The summed E-state index contributed by atoms with van der Waals surface area (Å²) >= 11 is 0. The number of amides is 1. The van der Waals surface area contributed by atoms with Gasteiger partial charge in [0.05, 0.1) is 0 Å². The molecule has 0 N–H and O–H groups in total. The molecule has 3 aromatic rings. The van der Waals surface area contributed by atoms with Gasteiger partial charge in [0.15, 0.2) is 18.1 Å². The Morgan fingerprint density at radius 3 is 2.63 bits per heavy atom. The van der Waals surface area contributed by atoms with E-state index in [1.54, 1.807) is 24.3 Å². The lowest BCUT2D eigenvalue weighted by molar-refractivity contribution is 0.0706. The van der Waals surface area contributed by atoms with Crippen LogP contribution in [0.1, 0.15) is 35.0 Å². The lowest BCUT2D eigenvalue weighted by Gasteiger charge is -2.30. The van der Waals surface area contributed by atoms with Gasteiger partial charge in [-0.3, -0.25) is 4.79 Å². The normalized spacial score (nSPS) is 14.9. The van der Waals surface area contributed by atoms with Crippen molar-refractivity contribution in [3.63, 3.8) is 0 Å². The monoisotopic (exact) mass is 361 g/mol. The fourth-order valence-electron chi connectivity index (χ4n) is 3.39. The van der Waals surface area contributed by atoms with E-state index in [2.05, 4.69) is 4.98 Å². The number of hydrogen-bond donors (Lipinski definition) is 0. The number of benzene rings is 2. The first-order chi connectivity index (χ1) is 13.2. The first-order valence-corrected chi connectivity index (χ1v) is 8.99. The molecule has 6 heteroatoms. The van der Waals surface area contributed by atoms with Crippen molar-refractivity contribution in [3.05, 3.63) is 60.0 Å². The highest BCUT2D eigenvalue weighted by Gasteiger charge is 2.27. The molecule has 2 heterocycles. The fourth-order valence-corrected chi connectivity index (χ4v) is 3.39. The van der Waals surface area contributed by atoms with E-state index >= 15 is 0 Å². The van der Waals surface area contributed by atoms with Crippen LogP contribution in [0.5, 0.6) is 5.75 Å². The van der Waals surface area contributed by atoms with Crippen LogP contribution < -0.4 is 4.74 Å². The molecule has 1 aromatic heterocycles. The van der Waals surface area contributed by atoms with Gasteiger partial charge in [0.1, 0.15) is 17.3 Å². The van der Waals surface area contributed by atoms with Crippen LogP contribution in [0, 0.1) is 11.3 Å². The van der Waals surface area contributed by atoms with E-state index in [9.17, 15) is 4.79 Å². The highest BCUT2D eigenvalue weighted by atomic mass is 16.5. The molecule has 27 heavy (non-hydrogen) atoms. The van der Waals surface area contributed by atoms with E-state index in [1.165, 1.54) is 0 Å². The number of para-hydroxylation sites is 2. The van der Waals surface area contributed by atoms with Gasteiger partial charge in [0, 0.05) is 24.6 Å². The van der Waals surface area contributed by atoms with Crippen molar-refractivity contribution in [3.8, 4) is 11.8 Å². The Kier molecular flexibility index (Phi) is 4.75. The van der Waals surface area contributed by atoms with Crippen molar-refractivity contribution >= 4 is 17.0 Å². The van der Waals surface area contributed by atoms with Gasteiger partial charge in [-0.15, -0.1) is 0 Å². The van der Waals surface area contributed by atoms with Crippen LogP contribution in [-0.4, -0.2) is 35.5 Å². The second kappa shape index (κ2) is 7.50. The first kappa shape index (κ1) is 17.1. The van der Waals surface area contributed by atoms with E-state index in [4.69, 9.17) is 14.4 Å². The third-order valence-corrected chi connectivity index (χ3v) is 4.85. The molecule has 0 aliphatic carbocycles. The molecule has 4 rings (SSSR count). The standard InChI is InChI=1S/C21H19N3O3/c22-11-14-26-17-7-5-16(6-8-17)21(25)24-12-9-15(10-13-24)20-23-18-3-1-2-4-19(18)27-20/h1-8,15H,9-10,12-14H2. The average molecular weight is 361 g/mol. The number of hydrogen-bond acceptors (Lipinski definition) is 5. The summed E-state index contributed by atoms with van der Waals surface area (Å²) in [5, 5.41) is 8.54. The smallest absolute Gasteiger partial charge is 0.253 e. The van der Waals surface area contributed by atoms with Crippen molar-refractivity contribution in [2.75, 3.05) is 19.7 Å². The molecule has 0 spiro atoms. The predicted octanol–water partition coefficient (Wildman–Crippen LogP) is 3.75. The molecule has 0 bridgehead atoms. The maximum absolute atomic E-state index is 12.7. The lowest BCUT2D eigenvalue weighted by atomic mass is 9.96. The minimum absolute atomic E-state index is 0.00334. The van der Waals surface area contributed by atoms with Gasteiger partial charge in [-0.05, 0) is 49.2 Å². The Labute approximate surface area is 157 Å². The molecule has 0 saturated carbocycles. The van der Waals surface area contributed by atoms with Crippen LogP contribution in [0.2, 0.25) is 0 Å². The zero-order valence-electron chi connectivity index (χ0n) is 14.8. The van der Waals surface area contributed by atoms with Crippen molar-refractivity contribution in [2.24, 2.45) is 0 Å². The highest BCUT2D eigenvalue weighted by molar-refractivity contribution is 5.94. The van der Waals surface area contributed by atoms with Crippen LogP contribution in [-0.2, 0) is 0 Å². The van der Waals surface area contributed by atoms with Crippen molar-refractivity contribution in [1.29, 1.82) is 5.26 Å². The summed E-state index contributed by atoms with van der Waals surface area (Å²) in [5.41, 5.74) is 2.31. The van der Waals surface area contributed by atoms with E-state index in [0.29, 0.717) is 24.4 Å². The molecule has 1 aliphatic rings. The Morgan fingerprint density at radius 1 is 1.19 bits per heavy atom. The number of fused-ring (bicyclic) bond motifs is 1. The summed E-state index contributed by atoms with van der Waals surface area (Å²) in [5.74, 6) is 1.60. The molecule has 6 nitrogen and oxygen atoms in total. The van der Waals surface area contributed by atoms with Gasteiger partial charge < -0.3 is 14.1 Å². The third kappa shape index (κ3) is 3.63. The van der Waals surface area contributed by atoms with Crippen molar-refractivity contribution in [2.45, 2.75) is 18.8 Å². The molecular weight excluding hydrogens is 342 g/mol. The lowest BCUT2D eigenvalue weighted by Crippen LogP contribution is -2.37. The van der Waals surface area contributed by atoms with Gasteiger partial charge in [-0.1, -0.05) is 12.1 Å². The number of likely N-dealkylation sites (tertiary alicyclic amines) is 1. The quantitative estimate of drug-likeness (QED) is 0.707. The summed E-state index contributed by atoms with van der Waals surface area (Å²) in [6.07, 6.45) is 1.67. The molecule has 0 radical (unpaired) electrons. The molecule has 1 aliphatic heterocycles. The molecule has 2 aromatic carbocycles.